The Morgan fingerprint density at radius 1 is 1.50 bits per heavy atom. The predicted octanol–water partition coefficient (Wildman–Crippen LogP) is 3.03. The lowest BCUT2D eigenvalue weighted by Gasteiger charge is -2.17. The summed E-state index contributed by atoms with van der Waals surface area (Å²) in [5.41, 5.74) is -0.708. The molecule has 0 saturated carbocycles. The highest BCUT2D eigenvalue weighted by Crippen LogP contribution is 2.32. The molecule has 1 amide bonds. The molecule has 0 spiro atoms. The van der Waals surface area contributed by atoms with Crippen LogP contribution in [0, 0.1) is 5.92 Å². The molecule has 1 heterocycles. The molecule has 1 aliphatic heterocycles. The fourth-order valence-corrected chi connectivity index (χ4v) is 3.26. The first kappa shape index (κ1) is 17.1. The van der Waals surface area contributed by atoms with Crippen LogP contribution in [0.1, 0.15) is 18.9 Å². The van der Waals surface area contributed by atoms with E-state index in [-0.39, 0.29) is 17.6 Å². The Kier molecular flexibility index (Phi) is 5.39. The van der Waals surface area contributed by atoms with Gasteiger partial charge in [0.1, 0.15) is 0 Å². The largest absolute Gasteiger partial charge is 0.416 e. The molecule has 1 saturated heterocycles. The highest BCUT2D eigenvalue weighted by molar-refractivity contribution is 8.00. The summed E-state index contributed by atoms with van der Waals surface area (Å²) >= 11 is 1.10. The van der Waals surface area contributed by atoms with Gasteiger partial charge in [0.05, 0.1) is 17.4 Å². The molecule has 0 aliphatic carbocycles. The number of nitrogens with zero attached hydrogens (tertiary/aromatic N) is 1. The van der Waals surface area contributed by atoms with Crippen molar-refractivity contribution >= 4 is 17.7 Å². The molecule has 0 bridgehead atoms. The highest BCUT2D eigenvalue weighted by atomic mass is 32.2. The SMILES string of the molecule is CC(O)C1CCN(C(=O)CSc2cccc(C(F)(F)F)c2)C1. The third-order valence-corrected chi connectivity index (χ3v) is 4.76. The minimum Gasteiger partial charge on any atom is -0.393 e. The number of carbonyl (C=O) groups is 1. The second-order valence-electron chi connectivity index (χ2n) is 5.44. The topological polar surface area (TPSA) is 40.5 Å². The van der Waals surface area contributed by atoms with Gasteiger partial charge >= 0.3 is 6.18 Å². The number of amides is 1. The van der Waals surface area contributed by atoms with Gasteiger partial charge in [-0.3, -0.25) is 4.79 Å². The van der Waals surface area contributed by atoms with Gasteiger partial charge in [0.2, 0.25) is 5.91 Å². The fourth-order valence-electron chi connectivity index (χ4n) is 2.41. The number of aliphatic hydroxyl groups is 1. The average molecular weight is 333 g/mol. The maximum atomic E-state index is 12.6. The Balaban J connectivity index is 1.89. The Bertz CT molecular complexity index is 534. The normalized spacial score (nSPS) is 20.2. The standard InChI is InChI=1S/C15H18F3NO2S/c1-10(20)11-5-6-19(8-11)14(21)9-22-13-4-2-3-12(7-13)15(16,17)18/h2-4,7,10-11,20H,5-6,8-9H2,1H3. The van der Waals surface area contributed by atoms with E-state index in [0.29, 0.717) is 18.0 Å². The third-order valence-electron chi connectivity index (χ3n) is 3.78. The molecule has 3 nitrogen and oxygen atoms in total. The van der Waals surface area contributed by atoms with Crippen LogP contribution in [-0.4, -0.2) is 40.9 Å². The van der Waals surface area contributed by atoms with E-state index < -0.39 is 17.8 Å². The minimum absolute atomic E-state index is 0.0857. The summed E-state index contributed by atoms with van der Waals surface area (Å²) in [6, 6.07) is 4.98. The molecule has 1 aliphatic rings. The van der Waals surface area contributed by atoms with E-state index in [2.05, 4.69) is 0 Å². The molecule has 0 aromatic heterocycles. The minimum atomic E-state index is -4.37. The number of alkyl halides is 3. The lowest BCUT2D eigenvalue weighted by molar-refractivity contribution is -0.137. The molecule has 7 heteroatoms. The van der Waals surface area contributed by atoms with Crippen molar-refractivity contribution in [1.82, 2.24) is 4.90 Å². The van der Waals surface area contributed by atoms with Crippen LogP contribution in [0.25, 0.3) is 0 Å². The van der Waals surface area contributed by atoms with Gasteiger partial charge in [-0.05, 0) is 31.5 Å². The summed E-state index contributed by atoms with van der Waals surface area (Å²) in [5.74, 6) is 0.0847. The summed E-state index contributed by atoms with van der Waals surface area (Å²) in [5, 5.41) is 9.52. The number of likely N-dealkylation sites (tertiary alicyclic amines) is 1. The Morgan fingerprint density at radius 3 is 2.82 bits per heavy atom. The van der Waals surface area contributed by atoms with Gasteiger partial charge in [-0.25, -0.2) is 0 Å². The molecular weight excluding hydrogens is 315 g/mol. The summed E-state index contributed by atoms with van der Waals surface area (Å²) in [6.07, 6.45) is -4.06. The number of hydrogen-bond donors (Lipinski definition) is 1. The van der Waals surface area contributed by atoms with Crippen LogP contribution in [0.15, 0.2) is 29.2 Å². The molecular formula is C15H18F3NO2S. The zero-order valence-corrected chi connectivity index (χ0v) is 13.0. The molecule has 22 heavy (non-hydrogen) atoms. The van der Waals surface area contributed by atoms with Crippen LogP contribution in [-0.2, 0) is 11.0 Å². The molecule has 2 atom stereocenters. The Morgan fingerprint density at radius 2 is 2.23 bits per heavy atom. The van der Waals surface area contributed by atoms with Crippen molar-refractivity contribution in [2.45, 2.75) is 30.5 Å². The summed E-state index contributed by atoms with van der Waals surface area (Å²) < 4.78 is 37.9. The molecule has 1 N–H and O–H groups in total. The monoisotopic (exact) mass is 333 g/mol. The van der Waals surface area contributed by atoms with Crippen molar-refractivity contribution in [1.29, 1.82) is 0 Å². The van der Waals surface area contributed by atoms with Crippen LogP contribution in [0.3, 0.4) is 0 Å². The molecule has 1 fully saturated rings. The first-order valence-electron chi connectivity index (χ1n) is 7.03. The molecule has 0 radical (unpaired) electrons. The first-order valence-corrected chi connectivity index (χ1v) is 8.02. The van der Waals surface area contributed by atoms with Gasteiger partial charge in [0, 0.05) is 23.9 Å². The molecule has 122 valence electrons. The van der Waals surface area contributed by atoms with Gasteiger partial charge in [0.25, 0.3) is 0 Å². The van der Waals surface area contributed by atoms with Crippen LogP contribution >= 0.6 is 11.8 Å². The van der Waals surface area contributed by atoms with E-state index in [4.69, 9.17) is 0 Å². The number of hydrogen-bond acceptors (Lipinski definition) is 3. The van der Waals surface area contributed by atoms with Crippen LogP contribution in [0.5, 0.6) is 0 Å². The number of halogens is 3. The quantitative estimate of drug-likeness (QED) is 0.861. The Labute approximate surface area is 131 Å². The van der Waals surface area contributed by atoms with Crippen molar-refractivity contribution in [3.8, 4) is 0 Å². The average Bonchev–Trinajstić information content (AvgIpc) is 2.94. The van der Waals surface area contributed by atoms with Crippen molar-refractivity contribution in [3.05, 3.63) is 29.8 Å². The second-order valence-corrected chi connectivity index (χ2v) is 6.49. The van der Waals surface area contributed by atoms with Crippen molar-refractivity contribution in [2.75, 3.05) is 18.8 Å². The maximum absolute atomic E-state index is 12.6. The second kappa shape index (κ2) is 6.91. The van der Waals surface area contributed by atoms with Crippen LogP contribution in [0.4, 0.5) is 13.2 Å². The molecule has 2 unspecified atom stereocenters. The summed E-state index contributed by atoms with van der Waals surface area (Å²) in [6.45, 7) is 2.81. The van der Waals surface area contributed by atoms with Gasteiger partial charge in [-0.2, -0.15) is 13.2 Å². The molecule has 1 aromatic carbocycles. The third kappa shape index (κ3) is 4.39. The Hall–Kier alpha value is -1.21. The van der Waals surface area contributed by atoms with E-state index in [9.17, 15) is 23.1 Å². The summed E-state index contributed by atoms with van der Waals surface area (Å²) in [4.78, 5) is 14.2. The van der Waals surface area contributed by atoms with E-state index in [1.54, 1.807) is 17.9 Å². The lowest BCUT2D eigenvalue weighted by Crippen LogP contribution is -2.31. The van der Waals surface area contributed by atoms with Gasteiger partial charge < -0.3 is 10.0 Å². The number of thioether (sulfide) groups is 1. The number of carbonyl (C=O) groups excluding carboxylic acids is 1. The van der Waals surface area contributed by atoms with Gasteiger partial charge in [-0.1, -0.05) is 6.07 Å². The molecule has 2 rings (SSSR count). The first-order chi connectivity index (χ1) is 10.3. The number of aliphatic hydroxyl groups excluding tert-OH is 1. The van der Waals surface area contributed by atoms with Crippen LogP contribution in [0.2, 0.25) is 0 Å². The van der Waals surface area contributed by atoms with Crippen molar-refractivity contribution in [3.63, 3.8) is 0 Å². The highest BCUT2D eigenvalue weighted by Gasteiger charge is 2.31. The molecule has 1 aromatic rings. The van der Waals surface area contributed by atoms with Gasteiger partial charge in [0.15, 0.2) is 0 Å². The number of rotatable bonds is 4. The van der Waals surface area contributed by atoms with E-state index >= 15 is 0 Å². The smallest absolute Gasteiger partial charge is 0.393 e. The zero-order valence-electron chi connectivity index (χ0n) is 12.1. The lowest BCUT2D eigenvalue weighted by atomic mass is 10.0. The fraction of sp³-hybridized carbons (Fsp3) is 0.533. The van der Waals surface area contributed by atoms with Crippen molar-refractivity contribution in [2.24, 2.45) is 5.92 Å². The predicted molar refractivity (Wildman–Crippen MR) is 78.5 cm³/mol. The van der Waals surface area contributed by atoms with Crippen LogP contribution < -0.4 is 0 Å². The van der Waals surface area contributed by atoms with E-state index in [1.807, 2.05) is 0 Å². The number of benzene rings is 1. The van der Waals surface area contributed by atoms with E-state index in [0.717, 1.165) is 30.3 Å². The summed E-state index contributed by atoms with van der Waals surface area (Å²) in [7, 11) is 0. The maximum Gasteiger partial charge on any atom is 0.416 e. The van der Waals surface area contributed by atoms with E-state index in [1.165, 1.54) is 6.07 Å². The zero-order chi connectivity index (χ0) is 16.3. The van der Waals surface area contributed by atoms with Gasteiger partial charge in [-0.15, -0.1) is 11.8 Å². The van der Waals surface area contributed by atoms with Crippen molar-refractivity contribution < 1.29 is 23.1 Å².